The Balaban J connectivity index is 1.89. The molecule has 3 unspecified atom stereocenters. The average Bonchev–Trinajstić information content (AvgIpc) is 2.84. The van der Waals surface area contributed by atoms with Gasteiger partial charge in [0.2, 0.25) is 0 Å². The zero-order valence-electron chi connectivity index (χ0n) is 20.0. The Kier molecular flexibility index (Phi) is 7.41. The third kappa shape index (κ3) is 4.76. The largest absolute Gasteiger partial charge is 0.465 e. The van der Waals surface area contributed by atoms with Gasteiger partial charge < -0.3 is 14.8 Å². The number of carbonyl (C=O) groups is 3. The predicted molar refractivity (Wildman–Crippen MR) is 133 cm³/mol. The zero-order chi connectivity index (χ0) is 25.1. The first-order chi connectivity index (χ1) is 16.9. The molecule has 0 saturated carbocycles. The van der Waals surface area contributed by atoms with E-state index >= 15 is 0 Å². The van der Waals surface area contributed by atoms with Crippen LogP contribution in [-0.4, -0.2) is 30.9 Å². The number of dihydropyridines is 1. The third-order valence-corrected chi connectivity index (χ3v) is 6.74. The lowest BCUT2D eigenvalue weighted by molar-refractivity contribution is -0.152. The summed E-state index contributed by atoms with van der Waals surface area (Å²) in [7, 11) is 0. The van der Waals surface area contributed by atoms with Crippen molar-refractivity contribution in [3.05, 3.63) is 93.3 Å². The second-order valence-corrected chi connectivity index (χ2v) is 9.01. The second-order valence-electron chi connectivity index (χ2n) is 8.58. The van der Waals surface area contributed by atoms with Crippen molar-refractivity contribution in [2.45, 2.75) is 39.0 Å². The maximum atomic E-state index is 14.1. The number of hydrogen-bond acceptors (Lipinski definition) is 6. The van der Waals surface area contributed by atoms with Crippen molar-refractivity contribution in [2.75, 3.05) is 13.2 Å². The van der Waals surface area contributed by atoms with E-state index in [0.717, 1.165) is 11.1 Å². The first-order valence-corrected chi connectivity index (χ1v) is 12.1. The number of hydrogen-bond donors (Lipinski definition) is 1. The minimum atomic E-state index is -1.02. The molecule has 3 atom stereocenters. The highest BCUT2D eigenvalue weighted by atomic mass is 35.5. The van der Waals surface area contributed by atoms with Crippen LogP contribution < -0.4 is 5.32 Å². The van der Waals surface area contributed by atoms with Crippen molar-refractivity contribution in [1.82, 2.24) is 5.32 Å². The van der Waals surface area contributed by atoms with Crippen LogP contribution in [0.3, 0.4) is 0 Å². The summed E-state index contributed by atoms with van der Waals surface area (Å²) >= 11 is 6.12. The van der Waals surface area contributed by atoms with Crippen molar-refractivity contribution in [2.24, 2.45) is 5.92 Å². The number of allylic oxidation sites excluding steroid dienone is 3. The Hall–Kier alpha value is -3.38. The van der Waals surface area contributed by atoms with Gasteiger partial charge in [-0.2, -0.15) is 0 Å². The van der Waals surface area contributed by atoms with Gasteiger partial charge in [0.25, 0.3) is 0 Å². The molecule has 7 heteroatoms. The molecule has 2 aromatic carbocycles. The lowest BCUT2D eigenvalue weighted by Gasteiger charge is -2.39. The van der Waals surface area contributed by atoms with Crippen molar-refractivity contribution in [1.29, 1.82) is 0 Å². The summed E-state index contributed by atoms with van der Waals surface area (Å²) < 4.78 is 10.7. The van der Waals surface area contributed by atoms with E-state index in [1.807, 2.05) is 30.3 Å². The molecule has 0 fully saturated rings. The summed E-state index contributed by atoms with van der Waals surface area (Å²) in [6, 6.07) is 16.6. The van der Waals surface area contributed by atoms with Gasteiger partial charge in [0.15, 0.2) is 5.78 Å². The molecule has 1 heterocycles. The minimum Gasteiger partial charge on any atom is -0.465 e. The van der Waals surface area contributed by atoms with Crippen LogP contribution in [0, 0.1) is 5.92 Å². The first kappa shape index (κ1) is 24.7. The fraction of sp³-hybridized carbons (Fsp3) is 0.321. The Labute approximate surface area is 210 Å². The molecular formula is C28H28ClNO5. The van der Waals surface area contributed by atoms with Crippen molar-refractivity contribution >= 4 is 29.3 Å². The maximum absolute atomic E-state index is 14.1. The quantitative estimate of drug-likeness (QED) is 0.447. The number of Topliss-reactive ketones (excluding diaryl/α,β-unsaturated/α-hetero) is 1. The summed E-state index contributed by atoms with van der Waals surface area (Å²) in [4.78, 5) is 40.3. The monoisotopic (exact) mass is 493 g/mol. The molecule has 6 nitrogen and oxygen atoms in total. The topological polar surface area (TPSA) is 81.7 Å². The van der Waals surface area contributed by atoms with Crippen LogP contribution in [-0.2, 0) is 23.9 Å². The molecular weight excluding hydrogens is 466 g/mol. The Morgan fingerprint density at radius 2 is 1.63 bits per heavy atom. The molecule has 1 aliphatic heterocycles. The van der Waals surface area contributed by atoms with Gasteiger partial charge in [-0.3, -0.25) is 9.59 Å². The van der Waals surface area contributed by atoms with E-state index in [0.29, 0.717) is 34.0 Å². The van der Waals surface area contributed by atoms with Crippen molar-refractivity contribution in [3.63, 3.8) is 0 Å². The molecule has 35 heavy (non-hydrogen) atoms. The van der Waals surface area contributed by atoms with E-state index in [1.165, 1.54) is 0 Å². The number of esters is 2. The Morgan fingerprint density at radius 1 is 0.971 bits per heavy atom. The lowest BCUT2D eigenvalue weighted by atomic mass is 9.67. The molecule has 0 spiro atoms. The highest BCUT2D eigenvalue weighted by Gasteiger charge is 2.49. The molecule has 2 aromatic rings. The zero-order valence-corrected chi connectivity index (χ0v) is 20.7. The fourth-order valence-corrected chi connectivity index (χ4v) is 5.14. The van der Waals surface area contributed by atoms with E-state index in [2.05, 4.69) is 5.32 Å². The van der Waals surface area contributed by atoms with E-state index in [1.54, 1.807) is 45.0 Å². The van der Waals surface area contributed by atoms with E-state index in [9.17, 15) is 14.4 Å². The van der Waals surface area contributed by atoms with Crippen LogP contribution >= 0.6 is 11.6 Å². The molecule has 0 saturated heterocycles. The normalized spacial score (nSPS) is 21.8. The molecule has 0 radical (unpaired) electrons. The van der Waals surface area contributed by atoms with E-state index < -0.39 is 29.7 Å². The molecule has 4 rings (SSSR count). The predicted octanol–water partition coefficient (Wildman–Crippen LogP) is 5.05. The van der Waals surface area contributed by atoms with Gasteiger partial charge in [-0.15, -0.1) is 0 Å². The lowest BCUT2D eigenvalue weighted by Crippen LogP contribution is -2.43. The van der Waals surface area contributed by atoms with Crippen molar-refractivity contribution < 1.29 is 23.9 Å². The van der Waals surface area contributed by atoms with Gasteiger partial charge >= 0.3 is 11.9 Å². The molecule has 1 aliphatic carbocycles. The number of carbonyl (C=O) groups excluding carboxylic acids is 3. The number of nitrogens with one attached hydrogen (secondary N) is 1. The minimum absolute atomic E-state index is 0.169. The number of ether oxygens (including phenoxy) is 2. The summed E-state index contributed by atoms with van der Waals surface area (Å²) in [5.74, 6) is -3.51. The van der Waals surface area contributed by atoms with E-state index in [-0.39, 0.29) is 19.0 Å². The Bertz CT molecular complexity index is 1200. The summed E-state index contributed by atoms with van der Waals surface area (Å²) in [5.41, 5.74) is 3.67. The molecule has 0 amide bonds. The molecule has 0 bridgehead atoms. The van der Waals surface area contributed by atoms with Crippen LogP contribution in [0.4, 0.5) is 0 Å². The van der Waals surface area contributed by atoms with Crippen LogP contribution in [0.5, 0.6) is 0 Å². The fourth-order valence-electron chi connectivity index (χ4n) is 5.02. The number of benzene rings is 2. The summed E-state index contributed by atoms with van der Waals surface area (Å²) in [6.45, 7) is 5.63. The van der Waals surface area contributed by atoms with E-state index in [4.69, 9.17) is 21.1 Å². The van der Waals surface area contributed by atoms with Crippen LogP contribution in [0.1, 0.15) is 50.2 Å². The molecule has 1 N–H and O–H groups in total. The number of ketones is 1. The number of halogens is 1. The average molecular weight is 494 g/mol. The van der Waals surface area contributed by atoms with Gasteiger partial charge in [-0.25, -0.2) is 4.79 Å². The summed E-state index contributed by atoms with van der Waals surface area (Å²) in [6.07, 6.45) is 0.423. The van der Waals surface area contributed by atoms with Crippen LogP contribution in [0.15, 0.2) is 77.1 Å². The van der Waals surface area contributed by atoms with Crippen LogP contribution in [0.2, 0.25) is 5.02 Å². The first-order valence-electron chi connectivity index (χ1n) is 11.8. The molecule has 0 aromatic heterocycles. The van der Waals surface area contributed by atoms with Gasteiger partial charge in [-0.05, 0) is 50.5 Å². The Morgan fingerprint density at radius 3 is 2.26 bits per heavy atom. The smallest absolute Gasteiger partial charge is 0.336 e. The summed E-state index contributed by atoms with van der Waals surface area (Å²) in [5, 5.41) is 3.84. The van der Waals surface area contributed by atoms with Gasteiger partial charge in [-0.1, -0.05) is 54.1 Å². The highest BCUT2D eigenvalue weighted by molar-refractivity contribution is 6.30. The second kappa shape index (κ2) is 10.5. The highest BCUT2D eigenvalue weighted by Crippen LogP contribution is 2.48. The van der Waals surface area contributed by atoms with Crippen LogP contribution in [0.25, 0.3) is 0 Å². The molecule has 182 valence electrons. The number of rotatable bonds is 6. The standard InChI is InChI=1S/C28H28ClNO5/c1-4-34-27(32)22-16(3)30-21-15-20(17-9-7-6-8-10-17)24(28(33)35-5-2)26(31)25(21)23(22)18-11-13-19(29)14-12-18/h6-14,20,23-24,30H,4-5,15H2,1-3H3. The van der Waals surface area contributed by atoms with Crippen molar-refractivity contribution in [3.8, 4) is 0 Å². The van der Waals surface area contributed by atoms with Gasteiger partial charge in [0.1, 0.15) is 5.92 Å². The SMILES string of the molecule is CCOC(=O)C1=C(C)NC2=C(C(=O)C(C(=O)OCC)C(c3ccccc3)C2)C1c1ccc(Cl)cc1. The van der Waals surface area contributed by atoms with Gasteiger partial charge in [0.05, 0.1) is 18.8 Å². The molecule has 2 aliphatic rings. The third-order valence-electron chi connectivity index (χ3n) is 6.49. The maximum Gasteiger partial charge on any atom is 0.336 e. The van der Waals surface area contributed by atoms with Gasteiger partial charge in [0, 0.05) is 33.8 Å².